The molecule has 0 saturated heterocycles. The number of aryl methyl sites for hydroxylation is 1. The smallest absolute Gasteiger partial charge is 0.372 e. The lowest BCUT2D eigenvalue weighted by atomic mass is 10.3. The number of carboxylic acid groups (broad SMARTS) is 1. The third-order valence-corrected chi connectivity index (χ3v) is 2.21. The van der Waals surface area contributed by atoms with Crippen molar-refractivity contribution in [1.29, 1.82) is 0 Å². The standard InChI is InChI=1S/C9H7ClN2O2/c1-5-2-3-6-7(10)11-8(9(13)14)12(6)4-5/h2-4H,1H3,(H,13,14). The van der Waals surface area contributed by atoms with Crippen LogP contribution in [0.5, 0.6) is 0 Å². The summed E-state index contributed by atoms with van der Waals surface area (Å²) >= 11 is 5.78. The lowest BCUT2D eigenvalue weighted by Gasteiger charge is -1.97. The molecule has 0 aliphatic heterocycles. The number of nitrogens with zero attached hydrogens (tertiary/aromatic N) is 2. The summed E-state index contributed by atoms with van der Waals surface area (Å²) in [5.74, 6) is -1.15. The van der Waals surface area contributed by atoms with Gasteiger partial charge in [0, 0.05) is 6.20 Å². The fourth-order valence-corrected chi connectivity index (χ4v) is 1.54. The van der Waals surface area contributed by atoms with E-state index in [1.54, 1.807) is 12.3 Å². The van der Waals surface area contributed by atoms with Gasteiger partial charge in [-0.15, -0.1) is 0 Å². The van der Waals surface area contributed by atoms with Gasteiger partial charge in [0.05, 0.1) is 5.52 Å². The number of hydrogen-bond acceptors (Lipinski definition) is 2. The Morgan fingerprint density at radius 1 is 1.57 bits per heavy atom. The maximum absolute atomic E-state index is 10.8. The molecule has 2 aromatic heterocycles. The molecule has 0 saturated carbocycles. The number of fused-ring (bicyclic) bond motifs is 1. The molecule has 0 unspecified atom stereocenters. The molecule has 5 heteroatoms. The van der Waals surface area contributed by atoms with E-state index in [1.165, 1.54) is 4.40 Å². The number of halogens is 1. The van der Waals surface area contributed by atoms with Gasteiger partial charge in [-0.3, -0.25) is 4.40 Å². The molecule has 1 N–H and O–H groups in total. The Morgan fingerprint density at radius 2 is 2.29 bits per heavy atom. The summed E-state index contributed by atoms with van der Waals surface area (Å²) < 4.78 is 1.47. The second kappa shape index (κ2) is 2.99. The van der Waals surface area contributed by atoms with Crippen molar-refractivity contribution >= 4 is 23.1 Å². The van der Waals surface area contributed by atoms with E-state index in [0.717, 1.165) is 5.56 Å². The van der Waals surface area contributed by atoms with Gasteiger partial charge in [0.1, 0.15) is 0 Å². The van der Waals surface area contributed by atoms with Crippen molar-refractivity contribution < 1.29 is 9.90 Å². The summed E-state index contributed by atoms with van der Waals surface area (Å²) in [6, 6.07) is 3.60. The number of aromatic nitrogens is 2. The monoisotopic (exact) mass is 210 g/mol. The molecule has 72 valence electrons. The van der Waals surface area contributed by atoms with Gasteiger partial charge in [0.15, 0.2) is 5.15 Å². The van der Waals surface area contributed by atoms with Gasteiger partial charge < -0.3 is 5.11 Å². The van der Waals surface area contributed by atoms with Gasteiger partial charge in [-0.2, -0.15) is 0 Å². The van der Waals surface area contributed by atoms with Crippen LogP contribution < -0.4 is 0 Å². The number of carbonyl (C=O) groups is 1. The molecule has 0 fully saturated rings. The van der Waals surface area contributed by atoms with Crippen LogP contribution in [0.25, 0.3) is 5.52 Å². The van der Waals surface area contributed by atoms with Crippen LogP contribution in [0.2, 0.25) is 5.15 Å². The number of imidazole rings is 1. The molecule has 2 rings (SSSR count). The predicted molar refractivity (Wildman–Crippen MR) is 51.9 cm³/mol. The maximum atomic E-state index is 10.8. The van der Waals surface area contributed by atoms with E-state index in [1.807, 2.05) is 13.0 Å². The molecule has 0 atom stereocenters. The molecule has 0 amide bonds. The molecular formula is C9H7ClN2O2. The summed E-state index contributed by atoms with van der Waals surface area (Å²) in [6.07, 6.45) is 1.69. The highest BCUT2D eigenvalue weighted by molar-refractivity contribution is 6.32. The highest BCUT2D eigenvalue weighted by Crippen LogP contribution is 2.18. The molecule has 0 radical (unpaired) electrons. The summed E-state index contributed by atoms with van der Waals surface area (Å²) in [7, 11) is 0. The van der Waals surface area contributed by atoms with Crippen molar-refractivity contribution in [3.05, 3.63) is 34.9 Å². The van der Waals surface area contributed by atoms with Crippen molar-refractivity contribution in [2.45, 2.75) is 6.92 Å². The molecule has 0 aromatic carbocycles. The zero-order chi connectivity index (χ0) is 10.3. The first-order valence-corrected chi connectivity index (χ1v) is 4.35. The van der Waals surface area contributed by atoms with Crippen LogP contribution >= 0.6 is 11.6 Å². The number of hydrogen-bond donors (Lipinski definition) is 1. The summed E-state index contributed by atoms with van der Waals surface area (Å²) in [6.45, 7) is 1.87. The fraction of sp³-hybridized carbons (Fsp3) is 0.111. The average molecular weight is 211 g/mol. The molecule has 2 aromatic rings. The third kappa shape index (κ3) is 1.24. The minimum Gasteiger partial charge on any atom is -0.475 e. The zero-order valence-electron chi connectivity index (χ0n) is 7.36. The largest absolute Gasteiger partial charge is 0.475 e. The van der Waals surface area contributed by atoms with Crippen LogP contribution in [0, 0.1) is 6.92 Å². The van der Waals surface area contributed by atoms with Crippen LogP contribution in [0.1, 0.15) is 16.2 Å². The van der Waals surface area contributed by atoms with Crippen molar-refractivity contribution in [3.63, 3.8) is 0 Å². The minimum atomic E-state index is -1.09. The predicted octanol–water partition coefficient (Wildman–Crippen LogP) is 1.99. The Kier molecular flexibility index (Phi) is 1.93. The van der Waals surface area contributed by atoms with Gasteiger partial charge in [-0.25, -0.2) is 9.78 Å². The Bertz CT molecular complexity index is 519. The van der Waals surface area contributed by atoms with Crippen molar-refractivity contribution in [1.82, 2.24) is 9.38 Å². The number of rotatable bonds is 1. The molecular weight excluding hydrogens is 204 g/mol. The summed E-state index contributed by atoms with van der Waals surface area (Å²) in [5, 5.41) is 9.06. The van der Waals surface area contributed by atoms with Crippen LogP contribution in [0.3, 0.4) is 0 Å². The van der Waals surface area contributed by atoms with Crippen molar-refractivity contribution in [2.24, 2.45) is 0 Å². The van der Waals surface area contributed by atoms with Gasteiger partial charge in [-0.05, 0) is 18.6 Å². The van der Waals surface area contributed by atoms with Gasteiger partial charge in [0.2, 0.25) is 5.82 Å². The van der Waals surface area contributed by atoms with E-state index >= 15 is 0 Å². The molecule has 14 heavy (non-hydrogen) atoms. The lowest BCUT2D eigenvalue weighted by molar-refractivity contribution is 0.0683. The molecule has 0 spiro atoms. The van der Waals surface area contributed by atoms with Crippen LogP contribution in [0.4, 0.5) is 0 Å². The molecule has 0 bridgehead atoms. The summed E-state index contributed by atoms with van der Waals surface area (Å²) in [4.78, 5) is 14.6. The number of aromatic carboxylic acids is 1. The summed E-state index contributed by atoms with van der Waals surface area (Å²) in [5.41, 5.74) is 1.56. The van der Waals surface area contributed by atoms with E-state index < -0.39 is 5.97 Å². The average Bonchev–Trinajstić information content (AvgIpc) is 2.43. The van der Waals surface area contributed by atoms with Crippen molar-refractivity contribution in [3.8, 4) is 0 Å². The van der Waals surface area contributed by atoms with E-state index in [9.17, 15) is 4.79 Å². The second-order valence-corrected chi connectivity index (χ2v) is 3.35. The van der Waals surface area contributed by atoms with Crippen LogP contribution in [-0.4, -0.2) is 20.5 Å². The van der Waals surface area contributed by atoms with E-state index in [2.05, 4.69) is 4.98 Å². The SMILES string of the molecule is Cc1ccc2c(Cl)nc(C(=O)O)n2c1. The number of pyridine rings is 1. The van der Waals surface area contributed by atoms with E-state index in [0.29, 0.717) is 5.52 Å². The van der Waals surface area contributed by atoms with Crippen molar-refractivity contribution in [2.75, 3.05) is 0 Å². The molecule has 0 aliphatic carbocycles. The Balaban J connectivity index is 2.85. The third-order valence-electron chi connectivity index (χ3n) is 1.93. The maximum Gasteiger partial charge on any atom is 0.372 e. The molecule has 4 nitrogen and oxygen atoms in total. The highest BCUT2D eigenvalue weighted by atomic mass is 35.5. The van der Waals surface area contributed by atoms with Gasteiger partial charge >= 0.3 is 5.97 Å². The van der Waals surface area contributed by atoms with E-state index in [4.69, 9.17) is 16.7 Å². The lowest BCUT2D eigenvalue weighted by Crippen LogP contribution is -2.03. The minimum absolute atomic E-state index is 0.0614. The highest BCUT2D eigenvalue weighted by Gasteiger charge is 2.14. The Morgan fingerprint density at radius 3 is 2.93 bits per heavy atom. The number of carboxylic acids is 1. The fourth-order valence-electron chi connectivity index (χ4n) is 1.31. The normalized spacial score (nSPS) is 10.7. The molecule has 0 aliphatic rings. The van der Waals surface area contributed by atoms with Gasteiger partial charge in [0.25, 0.3) is 0 Å². The van der Waals surface area contributed by atoms with Gasteiger partial charge in [-0.1, -0.05) is 17.7 Å². The zero-order valence-corrected chi connectivity index (χ0v) is 8.12. The first-order chi connectivity index (χ1) is 6.59. The Labute approximate surface area is 84.8 Å². The van der Waals surface area contributed by atoms with E-state index in [-0.39, 0.29) is 11.0 Å². The van der Waals surface area contributed by atoms with Crippen LogP contribution in [0.15, 0.2) is 18.3 Å². The first kappa shape index (κ1) is 9.02. The molecule has 2 heterocycles. The first-order valence-electron chi connectivity index (χ1n) is 3.97. The topological polar surface area (TPSA) is 54.6 Å². The van der Waals surface area contributed by atoms with Crippen LogP contribution in [-0.2, 0) is 0 Å². The Hall–Kier alpha value is -1.55. The quantitative estimate of drug-likeness (QED) is 0.783. The second-order valence-electron chi connectivity index (χ2n) is 2.99.